The molecule has 1 atom stereocenters. The summed E-state index contributed by atoms with van der Waals surface area (Å²) in [6.07, 6.45) is 0. The SMILES string of the molecule is N#CC(C(=O)c1ccc(Cl)s1)c1ccccc1Br. The number of hydrogen-bond acceptors (Lipinski definition) is 3. The first kappa shape index (κ1) is 13.3. The fourth-order valence-corrected chi connectivity index (χ4v) is 3.09. The number of nitrogens with zero attached hydrogens (tertiary/aromatic N) is 1. The molecule has 0 bridgehead atoms. The Morgan fingerprint density at radius 3 is 2.61 bits per heavy atom. The van der Waals surface area contributed by atoms with Crippen LogP contribution in [0.3, 0.4) is 0 Å². The minimum Gasteiger partial charge on any atom is -0.291 e. The normalized spacial score (nSPS) is 11.8. The highest BCUT2D eigenvalue weighted by Gasteiger charge is 2.24. The minimum absolute atomic E-state index is 0.221. The quantitative estimate of drug-likeness (QED) is 0.763. The van der Waals surface area contributed by atoms with Crippen LogP contribution < -0.4 is 0 Å². The summed E-state index contributed by atoms with van der Waals surface area (Å²) in [5.41, 5.74) is 0.675. The van der Waals surface area contributed by atoms with E-state index in [2.05, 4.69) is 22.0 Å². The molecule has 0 saturated heterocycles. The Labute approximate surface area is 122 Å². The molecule has 0 fully saturated rings. The third-order valence-corrected chi connectivity index (χ3v) is 4.39. The lowest BCUT2D eigenvalue weighted by Crippen LogP contribution is -2.10. The number of halogens is 2. The molecule has 0 radical (unpaired) electrons. The number of carbonyl (C=O) groups excluding carboxylic acids is 1. The molecule has 0 aliphatic carbocycles. The zero-order chi connectivity index (χ0) is 13.1. The second-order valence-electron chi connectivity index (χ2n) is 3.55. The van der Waals surface area contributed by atoms with Crippen LogP contribution in [0, 0.1) is 11.3 Å². The van der Waals surface area contributed by atoms with Crippen LogP contribution in [-0.4, -0.2) is 5.78 Å². The lowest BCUT2D eigenvalue weighted by atomic mass is 9.95. The molecule has 0 aliphatic heterocycles. The summed E-state index contributed by atoms with van der Waals surface area (Å²) in [7, 11) is 0. The fraction of sp³-hybridized carbons (Fsp3) is 0.0769. The zero-order valence-corrected chi connectivity index (χ0v) is 12.2. The summed E-state index contributed by atoms with van der Waals surface area (Å²) in [6, 6.07) is 12.6. The molecule has 0 amide bonds. The van der Waals surface area contributed by atoms with Gasteiger partial charge in [-0.05, 0) is 23.8 Å². The van der Waals surface area contributed by atoms with Crippen molar-refractivity contribution >= 4 is 44.7 Å². The Morgan fingerprint density at radius 2 is 2.06 bits per heavy atom. The monoisotopic (exact) mass is 339 g/mol. The highest BCUT2D eigenvalue weighted by atomic mass is 79.9. The van der Waals surface area contributed by atoms with Crippen LogP contribution in [0.15, 0.2) is 40.9 Å². The Kier molecular flexibility index (Phi) is 4.18. The van der Waals surface area contributed by atoms with Gasteiger partial charge in [0.25, 0.3) is 0 Å². The molecule has 2 rings (SSSR count). The van der Waals surface area contributed by atoms with Crippen molar-refractivity contribution in [2.24, 2.45) is 0 Å². The minimum atomic E-state index is -0.810. The van der Waals surface area contributed by atoms with Crippen molar-refractivity contribution in [3.63, 3.8) is 0 Å². The highest BCUT2D eigenvalue weighted by molar-refractivity contribution is 9.10. The lowest BCUT2D eigenvalue weighted by molar-refractivity contribution is 0.0982. The van der Waals surface area contributed by atoms with Gasteiger partial charge >= 0.3 is 0 Å². The van der Waals surface area contributed by atoms with E-state index in [4.69, 9.17) is 11.6 Å². The third-order valence-electron chi connectivity index (χ3n) is 2.42. The van der Waals surface area contributed by atoms with Crippen LogP contribution in [0.5, 0.6) is 0 Å². The van der Waals surface area contributed by atoms with Crippen molar-refractivity contribution in [2.75, 3.05) is 0 Å². The average Bonchev–Trinajstić information content (AvgIpc) is 2.79. The zero-order valence-electron chi connectivity index (χ0n) is 9.06. The van der Waals surface area contributed by atoms with Gasteiger partial charge in [-0.1, -0.05) is 45.7 Å². The lowest BCUT2D eigenvalue weighted by Gasteiger charge is -2.09. The Hall–Kier alpha value is -1.15. The molecule has 1 heterocycles. The summed E-state index contributed by atoms with van der Waals surface area (Å²) in [5.74, 6) is -1.03. The first-order valence-electron chi connectivity index (χ1n) is 5.07. The van der Waals surface area contributed by atoms with E-state index in [1.54, 1.807) is 24.3 Å². The van der Waals surface area contributed by atoms with E-state index >= 15 is 0 Å². The molecule has 0 N–H and O–H groups in total. The van der Waals surface area contributed by atoms with Gasteiger partial charge in [0.05, 0.1) is 15.3 Å². The maximum absolute atomic E-state index is 12.3. The molecule has 1 unspecified atom stereocenters. The first-order valence-corrected chi connectivity index (χ1v) is 7.06. The van der Waals surface area contributed by atoms with E-state index < -0.39 is 5.92 Å². The number of benzene rings is 1. The van der Waals surface area contributed by atoms with Gasteiger partial charge in [-0.25, -0.2) is 0 Å². The predicted molar refractivity (Wildman–Crippen MR) is 76.2 cm³/mol. The van der Waals surface area contributed by atoms with Crippen molar-refractivity contribution in [3.8, 4) is 6.07 Å². The van der Waals surface area contributed by atoms with E-state index in [0.29, 0.717) is 14.8 Å². The Morgan fingerprint density at radius 1 is 1.33 bits per heavy atom. The van der Waals surface area contributed by atoms with Gasteiger partial charge in [-0.15, -0.1) is 11.3 Å². The van der Waals surface area contributed by atoms with Gasteiger partial charge in [0.2, 0.25) is 0 Å². The molecule has 1 aromatic heterocycles. The van der Waals surface area contributed by atoms with Gasteiger partial charge in [-0.2, -0.15) is 5.26 Å². The maximum atomic E-state index is 12.3. The smallest absolute Gasteiger partial charge is 0.194 e. The van der Waals surface area contributed by atoms with Gasteiger partial charge in [0.15, 0.2) is 5.78 Å². The third kappa shape index (κ3) is 2.64. The van der Waals surface area contributed by atoms with E-state index in [-0.39, 0.29) is 5.78 Å². The standard InChI is InChI=1S/C13H7BrClNOS/c14-10-4-2-1-3-8(10)9(7-16)13(17)11-5-6-12(15)18-11/h1-6,9H. The second-order valence-corrected chi connectivity index (χ2v) is 6.12. The second kappa shape index (κ2) is 5.66. The van der Waals surface area contributed by atoms with E-state index in [1.807, 2.05) is 12.1 Å². The van der Waals surface area contributed by atoms with Crippen molar-refractivity contribution in [1.82, 2.24) is 0 Å². The molecular weight excluding hydrogens is 334 g/mol. The summed E-state index contributed by atoms with van der Waals surface area (Å²) in [5, 5.41) is 9.22. The maximum Gasteiger partial charge on any atom is 0.194 e. The van der Waals surface area contributed by atoms with Crippen molar-refractivity contribution in [3.05, 3.63) is 55.6 Å². The molecule has 0 saturated carbocycles. The van der Waals surface area contributed by atoms with E-state index in [9.17, 15) is 10.1 Å². The molecule has 2 nitrogen and oxygen atoms in total. The number of carbonyl (C=O) groups is 1. The van der Waals surface area contributed by atoms with Crippen molar-refractivity contribution in [1.29, 1.82) is 5.26 Å². The Bertz CT molecular complexity index is 632. The fourth-order valence-electron chi connectivity index (χ4n) is 1.57. The number of hydrogen-bond donors (Lipinski definition) is 0. The van der Waals surface area contributed by atoms with Crippen molar-refractivity contribution in [2.45, 2.75) is 5.92 Å². The van der Waals surface area contributed by atoms with Crippen LogP contribution in [-0.2, 0) is 0 Å². The molecule has 5 heteroatoms. The molecule has 0 aliphatic rings. The number of rotatable bonds is 3. The summed E-state index contributed by atoms with van der Waals surface area (Å²) in [6.45, 7) is 0. The molecule has 2 aromatic rings. The number of ketones is 1. The molecule has 90 valence electrons. The Balaban J connectivity index is 2.39. The van der Waals surface area contributed by atoms with Crippen LogP contribution in [0.25, 0.3) is 0 Å². The van der Waals surface area contributed by atoms with Crippen molar-refractivity contribution < 1.29 is 4.79 Å². The summed E-state index contributed by atoms with van der Waals surface area (Å²) < 4.78 is 1.30. The van der Waals surface area contributed by atoms with Crippen LogP contribution >= 0.6 is 38.9 Å². The predicted octanol–water partition coefficient (Wildman–Crippen LogP) is 4.65. The van der Waals surface area contributed by atoms with Crippen LogP contribution in [0.1, 0.15) is 21.2 Å². The number of Topliss-reactive ketones (excluding diaryl/α,β-unsaturated/α-hetero) is 1. The first-order chi connectivity index (χ1) is 8.63. The average molecular weight is 341 g/mol. The van der Waals surface area contributed by atoms with Gasteiger partial charge in [0, 0.05) is 4.47 Å². The number of thiophene rings is 1. The molecule has 0 spiro atoms. The number of nitriles is 1. The van der Waals surface area contributed by atoms with Crippen LogP contribution in [0.2, 0.25) is 4.34 Å². The van der Waals surface area contributed by atoms with Gasteiger partial charge in [0.1, 0.15) is 5.92 Å². The molecular formula is C13H7BrClNOS. The summed E-state index contributed by atoms with van der Waals surface area (Å²) >= 11 is 10.4. The van der Waals surface area contributed by atoms with Gasteiger partial charge < -0.3 is 0 Å². The molecule has 1 aromatic carbocycles. The van der Waals surface area contributed by atoms with E-state index in [0.717, 1.165) is 4.47 Å². The largest absolute Gasteiger partial charge is 0.291 e. The van der Waals surface area contributed by atoms with Gasteiger partial charge in [-0.3, -0.25) is 4.79 Å². The summed E-state index contributed by atoms with van der Waals surface area (Å²) in [4.78, 5) is 12.8. The molecule has 18 heavy (non-hydrogen) atoms. The van der Waals surface area contributed by atoms with E-state index in [1.165, 1.54) is 11.3 Å². The van der Waals surface area contributed by atoms with Crippen LogP contribution in [0.4, 0.5) is 0 Å². The highest BCUT2D eigenvalue weighted by Crippen LogP contribution is 2.30. The topological polar surface area (TPSA) is 40.9 Å².